The van der Waals surface area contributed by atoms with E-state index in [0.29, 0.717) is 24.1 Å². The van der Waals surface area contributed by atoms with Crippen molar-refractivity contribution in [2.24, 2.45) is 5.92 Å². The molecule has 1 saturated carbocycles. The molecule has 3 atom stereocenters. The number of methoxy groups -OCH3 is 1. The molecule has 3 aliphatic rings. The molecule has 0 unspecified atom stereocenters. The first-order valence-corrected chi connectivity index (χ1v) is 22.3. The Bertz CT molecular complexity index is 2160. The van der Waals surface area contributed by atoms with Crippen LogP contribution in [0.4, 0.5) is 0 Å². The Labute approximate surface area is 348 Å². The molecule has 1 saturated heterocycles. The minimum Gasteiger partial charge on any atom is -0.481 e. The van der Waals surface area contributed by atoms with Crippen molar-refractivity contribution >= 4 is 49.7 Å². The zero-order valence-electron chi connectivity index (χ0n) is 35.6. The fraction of sp³-hybridized carbons (Fsp3) is 0.568. The Morgan fingerprint density at radius 3 is 2.31 bits per heavy atom. The van der Waals surface area contributed by atoms with Gasteiger partial charge >= 0.3 is 17.9 Å². The van der Waals surface area contributed by atoms with Gasteiger partial charge in [0.25, 0.3) is 0 Å². The highest BCUT2D eigenvalue weighted by Crippen LogP contribution is 2.45. The lowest BCUT2D eigenvalue weighted by atomic mass is 9.72. The highest BCUT2D eigenvalue weighted by molar-refractivity contribution is 7.88. The van der Waals surface area contributed by atoms with E-state index in [1.165, 1.54) is 34.6 Å². The number of carbonyl (C=O) groups excluding carboxylic acids is 1. The molecule has 14 nitrogen and oxygen atoms in total. The predicted molar refractivity (Wildman–Crippen MR) is 229 cm³/mol. The van der Waals surface area contributed by atoms with E-state index in [1.54, 1.807) is 7.11 Å². The Morgan fingerprint density at radius 2 is 1.69 bits per heavy atom. The second kappa shape index (κ2) is 20.3. The summed E-state index contributed by atoms with van der Waals surface area (Å²) in [5.74, 6) is -1.80. The number of carboxylic acids is 2. The number of rotatable bonds is 13. The average Bonchev–Trinajstić information content (AvgIpc) is 3.79. The van der Waals surface area contributed by atoms with Gasteiger partial charge in [0.05, 0.1) is 30.6 Å². The molecule has 1 aliphatic heterocycles. The Morgan fingerprint density at radius 1 is 1.02 bits per heavy atom. The van der Waals surface area contributed by atoms with Gasteiger partial charge in [0, 0.05) is 72.4 Å². The summed E-state index contributed by atoms with van der Waals surface area (Å²) in [4.78, 5) is 40.2. The largest absolute Gasteiger partial charge is 0.481 e. The number of sulfonamides is 1. The van der Waals surface area contributed by atoms with E-state index in [0.717, 1.165) is 74.5 Å². The fourth-order valence-corrected chi connectivity index (χ4v) is 9.45. The molecule has 2 fully saturated rings. The molecule has 2 aromatic carbocycles. The van der Waals surface area contributed by atoms with Crippen molar-refractivity contribution in [1.29, 1.82) is 0 Å². The molecule has 7 rings (SSSR count). The van der Waals surface area contributed by atoms with Gasteiger partial charge in [-0.25, -0.2) is 13.1 Å². The summed E-state index contributed by atoms with van der Waals surface area (Å²) in [6, 6.07) is 13.4. The lowest BCUT2D eigenvalue weighted by molar-refractivity contribution is -0.159. The molecule has 4 aromatic rings. The number of aromatic nitrogens is 2. The number of H-pyrrole nitrogens is 1. The molecule has 2 aromatic heterocycles. The molecular weight excluding hydrogens is 775 g/mol. The molecule has 0 spiro atoms. The van der Waals surface area contributed by atoms with Crippen LogP contribution in [0.25, 0.3) is 21.8 Å². The number of piperidine rings is 1. The molecule has 15 heteroatoms. The van der Waals surface area contributed by atoms with Gasteiger partial charge in [0.1, 0.15) is 6.10 Å². The monoisotopic (exact) mass is 837 g/mol. The number of likely N-dealkylation sites (N-methyl/N-ethyl adjacent to an activating group) is 2. The maximum Gasteiger partial charge on any atom is 0.310 e. The zero-order valence-corrected chi connectivity index (χ0v) is 36.4. The second-order valence-electron chi connectivity index (χ2n) is 16.7. The van der Waals surface area contributed by atoms with Crippen LogP contribution in [0.3, 0.4) is 0 Å². The van der Waals surface area contributed by atoms with Gasteiger partial charge in [-0.2, -0.15) is 0 Å². The Balaban J connectivity index is 0.000000202. The van der Waals surface area contributed by atoms with Crippen LogP contribution in [0.5, 0.6) is 0 Å². The van der Waals surface area contributed by atoms with Gasteiger partial charge in [0.15, 0.2) is 0 Å². The minimum atomic E-state index is -3.23. The van der Waals surface area contributed by atoms with Crippen LogP contribution in [0.1, 0.15) is 93.0 Å². The van der Waals surface area contributed by atoms with E-state index in [1.807, 2.05) is 38.5 Å². The summed E-state index contributed by atoms with van der Waals surface area (Å²) >= 11 is 0. The van der Waals surface area contributed by atoms with Crippen molar-refractivity contribution in [2.75, 3.05) is 48.4 Å². The third-order valence-corrected chi connectivity index (χ3v) is 13.2. The van der Waals surface area contributed by atoms with Gasteiger partial charge < -0.3 is 39.0 Å². The number of aliphatic carboxylic acids is 2. The van der Waals surface area contributed by atoms with E-state index in [2.05, 4.69) is 69.4 Å². The first-order chi connectivity index (χ1) is 28.0. The number of esters is 1. The third-order valence-electron chi connectivity index (χ3n) is 11.9. The van der Waals surface area contributed by atoms with Crippen molar-refractivity contribution in [1.82, 2.24) is 24.1 Å². The molecule has 0 bridgehead atoms. The maximum atomic E-state index is 13.1. The smallest absolute Gasteiger partial charge is 0.310 e. The lowest BCUT2D eigenvalue weighted by Crippen LogP contribution is -2.50. The third kappa shape index (κ3) is 11.9. The number of aromatic amines is 1. The van der Waals surface area contributed by atoms with E-state index in [-0.39, 0.29) is 36.6 Å². The average molecular weight is 838 g/mol. The Hall–Kier alpha value is -4.28. The van der Waals surface area contributed by atoms with Crippen LogP contribution in [-0.4, -0.2) is 123 Å². The van der Waals surface area contributed by atoms with Crippen molar-refractivity contribution in [2.45, 2.75) is 108 Å². The zero-order chi connectivity index (χ0) is 43.0. The standard InChI is InChI=1S/C26H36N2O3.C14H21N3O2S.C4H6O4/c1-16(2)28-15-17-13-24-22(21-6-5-7-23(28)25(17)21)12-18(14-27(24)3)26(29)31-20-10-8-19(30-4)9-11-20;1-15-20(18,19)10-11-4-5-14-13(8-11)12(9-16-14)6-7-17(2)3;5-3(6)1-2-4(7)8/h5-7,15-16,18-20,22,24H,8-14H2,1-4H3;4-5,8-9,15-16H,6-7,10H2,1-3H3;1-2H2,(H,5,6)(H,7,8)/t18-,19?,20?,22-,24-;;/m1../s1. The van der Waals surface area contributed by atoms with Gasteiger partial charge in [0.2, 0.25) is 10.0 Å². The minimum absolute atomic E-state index is 0.00360. The number of benzene rings is 2. The number of hydrogen-bond donors (Lipinski definition) is 4. The number of nitrogens with zero attached hydrogens (tertiary/aromatic N) is 3. The van der Waals surface area contributed by atoms with Gasteiger partial charge in [-0.1, -0.05) is 18.2 Å². The summed E-state index contributed by atoms with van der Waals surface area (Å²) < 4.78 is 39.5. The highest BCUT2D eigenvalue weighted by atomic mass is 32.2. The number of carboxylic acid groups (broad SMARTS) is 2. The fourth-order valence-electron chi connectivity index (χ4n) is 8.69. The maximum absolute atomic E-state index is 13.1. The lowest BCUT2D eigenvalue weighted by Gasteiger charge is -2.45. The predicted octanol–water partition coefficient (Wildman–Crippen LogP) is 5.94. The molecule has 59 heavy (non-hydrogen) atoms. The number of carbonyl (C=O) groups is 3. The molecule has 0 amide bonds. The van der Waals surface area contributed by atoms with Crippen LogP contribution in [0.15, 0.2) is 48.8 Å². The number of ether oxygens (including phenoxy) is 2. The summed E-state index contributed by atoms with van der Waals surface area (Å²) in [6.07, 6.45) is 10.9. The first-order valence-electron chi connectivity index (χ1n) is 20.6. The van der Waals surface area contributed by atoms with Crippen molar-refractivity contribution in [3.8, 4) is 0 Å². The van der Waals surface area contributed by atoms with Crippen LogP contribution in [-0.2, 0) is 52.5 Å². The summed E-state index contributed by atoms with van der Waals surface area (Å²) in [5, 5.41) is 18.3. The SMILES string of the molecule is CNS(=O)(=O)Cc1ccc2[nH]cc(CCN(C)C)c2c1.COC1CCC(OC(=O)[C@@H]2C[C@@H]3c4cccc5c4c(cn5C(C)C)C[C@H]3N(C)C2)CC1.O=C(O)CCC(=O)O. The number of fused-ring (bicyclic) bond motifs is 3. The Kier molecular flexibility index (Phi) is 15.8. The van der Waals surface area contributed by atoms with E-state index < -0.39 is 22.0 Å². The van der Waals surface area contributed by atoms with Crippen molar-refractivity contribution < 1.29 is 42.5 Å². The number of likely N-dealkylation sites (tertiary alicyclic amines) is 1. The van der Waals surface area contributed by atoms with Gasteiger partial charge in [-0.3, -0.25) is 14.4 Å². The normalized spacial score (nSPS) is 21.7. The molecule has 324 valence electrons. The van der Waals surface area contributed by atoms with Crippen molar-refractivity contribution in [3.05, 3.63) is 71.0 Å². The summed E-state index contributed by atoms with van der Waals surface area (Å²) in [6.45, 7) is 6.26. The molecule has 0 radical (unpaired) electrons. The van der Waals surface area contributed by atoms with Crippen LogP contribution < -0.4 is 4.72 Å². The molecule has 3 heterocycles. The molecule has 4 N–H and O–H groups in total. The van der Waals surface area contributed by atoms with E-state index in [4.69, 9.17) is 19.7 Å². The first kappa shape index (κ1) is 45.8. The quantitative estimate of drug-likeness (QED) is 0.117. The molecule has 2 aliphatic carbocycles. The number of hydrogen-bond acceptors (Lipinski definition) is 9. The van der Waals surface area contributed by atoms with Crippen LogP contribution in [0, 0.1) is 5.92 Å². The molecular formula is C44H63N5O9S. The van der Waals surface area contributed by atoms with Gasteiger partial charge in [-0.05, 0) is 127 Å². The highest BCUT2D eigenvalue weighted by Gasteiger charge is 2.43. The second-order valence-corrected chi connectivity index (χ2v) is 18.6. The van der Waals surface area contributed by atoms with Crippen LogP contribution in [0.2, 0.25) is 0 Å². The van der Waals surface area contributed by atoms with E-state index in [9.17, 15) is 22.8 Å². The number of nitrogens with one attached hydrogen (secondary N) is 2. The summed E-state index contributed by atoms with van der Waals surface area (Å²) in [7, 11) is 6.25. The summed E-state index contributed by atoms with van der Waals surface area (Å²) in [5.41, 5.74) is 7.29. The van der Waals surface area contributed by atoms with Crippen molar-refractivity contribution in [3.63, 3.8) is 0 Å². The van der Waals surface area contributed by atoms with Gasteiger partial charge in [-0.15, -0.1) is 0 Å². The van der Waals surface area contributed by atoms with E-state index >= 15 is 0 Å². The topological polar surface area (TPSA) is 184 Å². The van der Waals surface area contributed by atoms with Crippen LogP contribution >= 0.6 is 0 Å².